The van der Waals surface area contributed by atoms with Gasteiger partial charge >= 0.3 is 6.01 Å². The number of Topliss-reactive ketones (excluding diaryl/α,β-unsaturated/α-hetero) is 1. The van der Waals surface area contributed by atoms with Crippen LogP contribution in [0.15, 0.2) is 22.7 Å². The first-order valence-corrected chi connectivity index (χ1v) is 12.6. The number of carbonyl (C=O) groups excluding carboxylic acids is 1. The Hall–Kier alpha value is -2.52. The van der Waals surface area contributed by atoms with Crippen LogP contribution in [0, 0.1) is 11.7 Å². The Morgan fingerprint density at radius 3 is 2.66 bits per heavy atom. The molecule has 8 nitrogen and oxygen atoms in total. The molecule has 1 aromatic heterocycles. The van der Waals surface area contributed by atoms with Crippen LogP contribution in [0.2, 0.25) is 0 Å². The number of hydrogen-bond donors (Lipinski definition) is 2. The van der Waals surface area contributed by atoms with Crippen molar-refractivity contribution < 1.29 is 28.7 Å². The lowest BCUT2D eigenvalue weighted by atomic mass is 9.92. The van der Waals surface area contributed by atoms with Crippen molar-refractivity contribution in [2.45, 2.75) is 77.2 Å². The molecule has 0 aliphatic carbocycles. The number of hydrogen-bond acceptors (Lipinski definition) is 8. The van der Waals surface area contributed by atoms with Crippen LogP contribution in [-0.2, 0) is 4.79 Å². The number of piperidine rings is 1. The van der Waals surface area contributed by atoms with E-state index in [0.717, 1.165) is 44.6 Å². The number of anilines is 1. The van der Waals surface area contributed by atoms with Crippen molar-refractivity contribution in [1.29, 1.82) is 0 Å². The van der Waals surface area contributed by atoms with Crippen LogP contribution < -0.4 is 9.64 Å². The normalized spacial score (nSPS) is 16.5. The second kappa shape index (κ2) is 13.0. The fourth-order valence-electron chi connectivity index (χ4n) is 4.30. The molecule has 1 aliphatic heterocycles. The van der Waals surface area contributed by atoms with Gasteiger partial charge in [0.15, 0.2) is 5.82 Å². The van der Waals surface area contributed by atoms with Crippen molar-refractivity contribution in [2.24, 2.45) is 5.92 Å². The van der Waals surface area contributed by atoms with E-state index in [4.69, 9.17) is 14.4 Å². The Labute approximate surface area is 206 Å². The molecular formula is C26H38FN3O5. The topological polar surface area (TPSA) is 109 Å². The predicted molar refractivity (Wildman–Crippen MR) is 130 cm³/mol. The highest BCUT2D eigenvalue weighted by atomic mass is 19.1. The van der Waals surface area contributed by atoms with Gasteiger partial charge in [0.2, 0.25) is 0 Å². The smallest absolute Gasteiger partial charge is 0.324 e. The molecule has 1 aromatic carbocycles. The van der Waals surface area contributed by atoms with Crippen LogP contribution in [-0.4, -0.2) is 58.5 Å². The maximum atomic E-state index is 14.6. The first-order chi connectivity index (χ1) is 16.8. The molecule has 2 atom stereocenters. The summed E-state index contributed by atoms with van der Waals surface area (Å²) in [4.78, 5) is 18.9. The fraction of sp³-hybridized carbons (Fsp3) is 0.654. The highest BCUT2D eigenvalue weighted by Crippen LogP contribution is 2.28. The van der Waals surface area contributed by atoms with E-state index in [-0.39, 0.29) is 31.1 Å². The largest absolute Gasteiger partial charge is 0.493 e. The summed E-state index contributed by atoms with van der Waals surface area (Å²) in [5, 5.41) is 22.3. The van der Waals surface area contributed by atoms with Gasteiger partial charge in [0.1, 0.15) is 17.3 Å². The van der Waals surface area contributed by atoms with Crippen molar-refractivity contribution >= 4 is 11.8 Å². The molecule has 1 saturated heterocycles. The molecule has 1 fully saturated rings. The van der Waals surface area contributed by atoms with Gasteiger partial charge in [-0.3, -0.25) is 4.79 Å². The summed E-state index contributed by atoms with van der Waals surface area (Å²) in [5.74, 6) is 0.785. The number of aliphatic hydroxyl groups excluding tert-OH is 2. The Kier molecular flexibility index (Phi) is 10.0. The first-order valence-electron chi connectivity index (χ1n) is 12.6. The maximum absolute atomic E-state index is 14.6. The summed E-state index contributed by atoms with van der Waals surface area (Å²) in [7, 11) is 0. The van der Waals surface area contributed by atoms with Gasteiger partial charge in [-0.15, -0.1) is 0 Å². The van der Waals surface area contributed by atoms with E-state index in [0.29, 0.717) is 29.9 Å². The van der Waals surface area contributed by atoms with Crippen LogP contribution >= 0.6 is 0 Å². The third-order valence-electron chi connectivity index (χ3n) is 6.71. The highest BCUT2D eigenvalue weighted by molar-refractivity contribution is 5.85. The molecule has 2 aromatic rings. The van der Waals surface area contributed by atoms with Gasteiger partial charge in [-0.05, 0) is 49.7 Å². The lowest BCUT2D eigenvalue weighted by Crippen LogP contribution is -2.34. The molecule has 0 amide bonds. The third kappa shape index (κ3) is 7.73. The van der Waals surface area contributed by atoms with E-state index in [1.807, 2.05) is 13.8 Å². The molecule has 194 valence electrons. The van der Waals surface area contributed by atoms with Crippen LogP contribution in [0.25, 0.3) is 0 Å². The number of rotatable bonds is 13. The lowest BCUT2D eigenvalue weighted by molar-refractivity contribution is -0.120. The molecule has 3 rings (SSSR count). The van der Waals surface area contributed by atoms with Gasteiger partial charge < -0.3 is 24.4 Å². The summed E-state index contributed by atoms with van der Waals surface area (Å²) in [6.45, 7) is 7.65. The van der Waals surface area contributed by atoms with E-state index >= 15 is 0 Å². The van der Waals surface area contributed by atoms with Gasteiger partial charge in [-0.2, -0.15) is 4.98 Å². The zero-order valence-corrected chi connectivity index (χ0v) is 21.0. The molecule has 0 bridgehead atoms. The standard InChI is InChI=1S/C26H38FN3O5/c1-17(2)25-28-26(35-29-25)30-12-10-19(11-13-30)5-4-14-34-21-7-8-22(23(27)15-21)18(3)24(33)9-6-20(32)16-31/h7-8,15,17-20,31-32H,4-6,9-14,16H2,1-3H3/t18?,20-/m0/s1. The Bertz CT molecular complexity index is 943. The van der Waals surface area contributed by atoms with E-state index in [9.17, 15) is 14.3 Å². The second-order valence-electron chi connectivity index (χ2n) is 9.76. The van der Waals surface area contributed by atoms with Crippen molar-refractivity contribution in [2.75, 3.05) is 31.2 Å². The number of carbonyl (C=O) groups is 1. The third-order valence-corrected chi connectivity index (χ3v) is 6.71. The van der Waals surface area contributed by atoms with Crippen molar-refractivity contribution in [1.82, 2.24) is 10.1 Å². The molecule has 2 N–H and O–H groups in total. The SMILES string of the molecule is CC(C)c1noc(N2CCC(CCCOc3ccc(C(C)C(=O)CC[C@H](O)CO)c(F)c3)CC2)n1. The van der Waals surface area contributed by atoms with E-state index in [1.165, 1.54) is 6.07 Å². The van der Waals surface area contributed by atoms with Crippen LogP contribution in [0.1, 0.15) is 82.5 Å². The van der Waals surface area contributed by atoms with E-state index < -0.39 is 17.8 Å². The van der Waals surface area contributed by atoms with Crippen LogP contribution in [0.3, 0.4) is 0 Å². The molecule has 0 spiro atoms. The summed E-state index contributed by atoms with van der Waals surface area (Å²) in [6.07, 6.45) is 3.37. The lowest BCUT2D eigenvalue weighted by Gasteiger charge is -2.30. The van der Waals surface area contributed by atoms with E-state index in [2.05, 4.69) is 15.0 Å². The van der Waals surface area contributed by atoms with Gasteiger partial charge in [-0.25, -0.2) is 4.39 Å². The molecule has 1 unspecified atom stereocenters. The molecule has 35 heavy (non-hydrogen) atoms. The average Bonchev–Trinajstić information content (AvgIpc) is 3.36. The molecule has 0 radical (unpaired) electrons. The number of halogens is 1. The number of benzene rings is 1. The zero-order chi connectivity index (χ0) is 25.4. The summed E-state index contributed by atoms with van der Waals surface area (Å²) >= 11 is 0. The number of ether oxygens (including phenoxy) is 1. The van der Waals surface area contributed by atoms with Crippen molar-refractivity contribution in [3.05, 3.63) is 35.4 Å². The van der Waals surface area contributed by atoms with Gasteiger partial charge in [-0.1, -0.05) is 32.0 Å². The Morgan fingerprint density at radius 2 is 2.03 bits per heavy atom. The van der Waals surface area contributed by atoms with Crippen LogP contribution in [0.5, 0.6) is 5.75 Å². The van der Waals surface area contributed by atoms with Crippen LogP contribution in [0.4, 0.5) is 10.4 Å². The minimum absolute atomic E-state index is 0.0907. The Morgan fingerprint density at radius 1 is 1.29 bits per heavy atom. The molecular weight excluding hydrogens is 453 g/mol. The number of aromatic nitrogens is 2. The van der Waals surface area contributed by atoms with Gasteiger partial charge in [0.25, 0.3) is 0 Å². The minimum atomic E-state index is -0.928. The van der Waals surface area contributed by atoms with Gasteiger partial charge in [0, 0.05) is 37.4 Å². The van der Waals surface area contributed by atoms with Crippen molar-refractivity contribution in [3.63, 3.8) is 0 Å². The fourth-order valence-corrected chi connectivity index (χ4v) is 4.30. The van der Waals surface area contributed by atoms with Crippen molar-refractivity contribution in [3.8, 4) is 5.75 Å². The van der Waals surface area contributed by atoms with Gasteiger partial charge in [0.05, 0.1) is 19.3 Å². The summed E-state index contributed by atoms with van der Waals surface area (Å²) in [6, 6.07) is 5.22. The quantitative estimate of drug-likeness (QED) is 0.401. The molecule has 9 heteroatoms. The molecule has 2 heterocycles. The number of nitrogens with zero attached hydrogens (tertiary/aromatic N) is 3. The van der Waals surface area contributed by atoms with E-state index in [1.54, 1.807) is 19.1 Å². The second-order valence-corrected chi connectivity index (χ2v) is 9.76. The average molecular weight is 492 g/mol. The predicted octanol–water partition coefficient (Wildman–Crippen LogP) is 4.21. The first kappa shape index (κ1) is 27.1. The molecule has 0 saturated carbocycles. The highest BCUT2D eigenvalue weighted by Gasteiger charge is 2.24. The summed E-state index contributed by atoms with van der Waals surface area (Å²) < 4.78 is 25.8. The number of aliphatic hydroxyl groups is 2. The molecule has 1 aliphatic rings. The number of ketones is 1. The Balaban J connectivity index is 1.37. The zero-order valence-electron chi connectivity index (χ0n) is 21.0. The summed E-state index contributed by atoms with van der Waals surface area (Å²) in [5.41, 5.74) is 0.314. The maximum Gasteiger partial charge on any atom is 0.324 e. The monoisotopic (exact) mass is 491 g/mol. The minimum Gasteiger partial charge on any atom is -0.493 e.